The minimum absolute atomic E-state index is 0.235. The molecule has 14 heteroatoms. The van der Waals surface area contributed by atoms with Gasteiger partial charge in [-0.1, -0.05) is 6.08 Å². The maximum atomic E-state index is 11.9. The Labute approximate surface area is 248 Å². The van der Waals surface area contributed by atoms with Crippen LogP contribution in [0, 0.1) is 0 Å². The molecule has 244 valence electrons. The van der Waals surface area contributed by atoms with E-state index in [-0.39, 0.29) is 6.03 Å². The first-order valence-electron chi connectivity index (χ1n) is 14.7. The summed E-state index contributed by atoms with van der Waals surface area (Å²) in [5.41, 5.74) is 0. The largest absolute Gasteiger partial charge is 0.500 e. The molecule has 0 heterocycles. The fourth-order valence-corrected chi connectivity index (χ4v) is 5.91. The summed E-state index contributed by atoms with van der Waals surface area (Å²) in [5, 5.41) is 5.60. The van der Waals surface area contributed by atoms with Crippen LogP contribution in [0.3, 0.4) is 0 Å². The molecule has 0 saturated heterocycles. The molecule has 2 amide bonds. The van der Waals surface area contributed by atoms with E-state index in [1.807, 2.05) is 20.8 Å². The minimum atomic E-state index is -2.67. The highest BCUT2D eigenvalue weighted by Crippen LogP contribution is 2.17. The van der Waals surface area contributed by atoms with Crippen molar-refractivity contribution in [1.29, 1.82) is 0 Å². The molecule has 0 aliphatic heterocycles. The number of hydrogen-bond acceptors (Lipinski definition) is 11. The first-order chi connectivity index (χ1) is 20.1. The number of carbonyl (C=O) groups is 1. The molecule has 0 aliphatic carbocycles. The van der Waals surface area contributed by atoms with E-state index in [2.05, 4.69) is 17.2 Å². The van der Waals surface area contributed by atoms with E-state index in [0.29, 0.717) is 138 Å². The van der Waals surface area contributed by atoms with Crippen molar-refractivity contribution in [3.05, 3.63) is 12.7 Å². The first kappa shape index (κ1) is 39.8. The molecular weight excluding hydrogens is 556 g/mol. The molecule has 0 atom stereocenters. The Morgan fingerprint density at radius 3 is 1.34 bits per heavy atom. The van der Waals surface area contributed by atoms with E-state index in [9.17, 15) is 4.79 Å². The van der Waals surface area contributed by atoms with Crippen molar-refractivity contribution in [3.8, 4) is 0 Å². The Morgan fingerprint density at radius 1 is 0.585 bits per heavy atom. The van der Waals surface area contributed by atoms with E-state index in [1.165, 1.54) is 0 Å². The summed E-state index contributed by atoms with van der Waals surface area (Å²) in [4.78, 5) is 11.9. The number of nitrogens with one attached hydrogen (secondary N) is 2. The molecule has 0 bridgehead atoms. The summed E-state index contributed by atoms with van der Waals surface area (Å²) in [6.45, 7) is 18.9. The van der Waals surface area contributed by atoms with Gasteiger partial charge in [-0.05, 0) is 27.2 Å². The first-order valence-corrected chi connectivity index (χ1v) is 16.7. The van der Waals surface area contributed by atoms with Crippen LogP contribution in [0.15, 0.2) is 12.7 Å². The zero-order chi connectivity index (χ0) is 30.1. The Kier molecular flexibility index (Phi) is 30.8. The van der Waals surface area contributed by atoms with Crippen molar-refractivity contribution in [3.63, 3.8) is 0 Å². The van der Waals surface area contributed by atoms with Crippen molar-refractivity contribution in [2.75, 3.05) is 125 Å². The molecule has 0 spiro atoms. The fraction of sp³-hybridized carbons (Fsp3) is 0.889. The van der Waals surface area contributed by atoms with Crippen LogP contribution in [0.2, 0.25) is 6.04 Å². The Bertz CT molecular complexity index is 562. The molecule has 0 aromatic heterocycles. The lowest BCUT2D eigenvalue weighted by Crippen LogP contribution is -2.46. The molecule has 2 N–H and O–H groups in total. The number of hydrogen-bond donors (Lipinski definition) is 2. The van der Waals surface area contributed by atoms with Crippen LogP contribution in [0.1, 0.15) is 27.2 Å². The summed E-state index contributed by atoms with van der Waals surface area (Å²) in [6, 6.07) is 0.424. The van der Waals surface area contributed by atoms with Gasteiger partial charge in [-0.3, -0.25) is 0 Å². The van der Waals surface area contributed by atoms with Gasteiger partial charge in [0.15, 0.2) is 0 Å². The second-order valence-electron chi connectivity index (χ2n) is 8.31. The maximum absolute atomic E-state index is 11.9. The topological polar surface area (TPSA) is 133 Å². The van der Waals surface area contributed by atoms with Gasteiger partial charge in [0.05, 0.1) is 92.5 Å². The number of rotatable bonds is 33. The highest BCUT2D eigenvalue weighted by molar-refractivity contribution is 6.60. The van der Waals surface area contributed by atoms with Crippen molar-refractivity contribution >= 4 is 14.8 Å². The van der Waals surface area contributed by atoms with Crippen LogP contribution in [-0.2, 0) is 46.4 Å². The molecule has 13 nitrogen and oxygen atoms in total. The van der Waals surface area contributed by atoms with E-state index in [4.69, 9.17) is 46.4 Å². The van der Waals surface area contributed by atoms with Gasteiger partial charge in [-0.15, -0.1) is 6.58 Å². The zero-order valence-electron chi connectivity index (χ0n) is 25.6. The zero-order valence-corrected chi connectivity index (χ0v) is 26.6. The summed E-state index contributed by atoms with van der Waals surface area (Å²) < 4.78 is 55.3. The third-order valence-corrected chi connectivity index (χ3v) is 8.19. The normalized spacial score (nSPS) is 11.6. The van der Waals surface area contributed by atoms with Crippen LogP contribution in [0.5, 0.6) is 0 Å². The number of urea groups is 1. The molecule has 41 heavy (non-hydrogen) atoms. The van der Waals surface area contributed by atoms with E-state index in [0.717, 1.165) is 0 Å². The standard InChI is InChI=1S/C27H56N2O11Si/c1-5-12-31-14-16-33-18-20-35-22-24-37-25-23-36-21-19-34-17-15-32-13-11-29-27(30)28-10-9-26-41(38-6-2,39-7-3)40-8-4/h5H,1,6-26H2,2-4H3,(H2,28,29,30). The second kappa shape index (κ2) is 31.8. The SMILES string of the molecule is C=CCOCCOCCOCCOCCOCCOCCOCCNC(=O)NCCC[Si](OCC)(OCC)OCC. The summed E-state index contributed by atoms with van der Waals surface area (Å²) in [5.74, 6) is 0. The summed E-state index contributed by atoms with van der Waals surface area (Å²) in [6.07, 6.45) is 2.42. The monoisotopic (exact) mass is 612 g/mol. The van der Waals surface area contributed by atoms with Gasteiger partial charge in [-0.2, -0.15) is 0 Å². The molecule has 0 aromatic carbocycles. The third-order valence-electron chi connectivity index (χ3n) is 5.04. The van der Waals surface area contributed by atoms with Gasteiger partial charge in [0.1, 0.15) is 0 Å². The Hall–Kier alpha value is -1.17. The molecule has 0 aromatic rings. The third kappa shape index (κ3) is 27.4. The van der Waals surface area contributed by atoms with Crippen LogP contribution in [0.25, 0.3) is 0 Å². The van der Waals surface area contributed by atoms with Gasteiger partial charge in [0, 0.05) is 39.0 Å². The average Bonchev–Trinajstić information content (AvgIpc) is 2.96. The highest BCUT2D eigenvalue weighted by atomic mass is 28.4. The number of carbonyl (C=O) groups excluding carboxylic acids is 1. The van der Waals surface area contributed by atoms with E-state index >= 15 is 0 Å². The van der Waals surface area contributed by atoms with Crippen molar-refractivity contribution in [1.82, 2.24) is 10.6 Å². The van der Waals surface area contributed by atoms with E-state index in [1.54, 1.807) is 6.08 Å². The number of ether oxygens (including phenoxy) is 7. The predicted molar refractivity (Wildman–Crippen MR) is 157 cm³/mol. The van der Waals surface area contributed by atoms with E-state index < -0.39 is 8.80 Å². The molecule has 0 aliphatic rings. The quantitative estimate of drug-likeness (QED) is 0.0641. The molecular formula is C27H56N2O11Si. The lowest BCUT2D eigenvalue weighted by molar-refractivity contribution is -0.0196. The lowest BCUT2D eigenvalue weighted by atomic mass is 10.5. The van der Waals surface area contributed by atoms with Gasteiger partial charge < -0.3 is 57.1 Å². The predicted octanol–water partition coefficient (Wildman–Crippen LogP) is 2.03. The van der Waals surface area contributed by atoms with Crippen molar-refractivity contribution < 1.29 is 51.2 Å². The smallest absolute Gasteiger partial charge is 0.377 e. The van der Waals surface area contributed by atoms with Crippen LogP contribution < -0.4 is 10.6 Å². The van der Waals surface area contributed by atoms with Crippen LogP contribution in [-0.4, -0.2) is 140 Å². The van der Waals surface area contributed by atoms with Crippen molar-refractivity contribution in [2.45, 2.75) is 33.2 Å². The average molecular weight is 613 g/mol. The van der Waals surface area contributed by atoms with Gasteiger partial charge in [0.2, 0.25) is 0 Å². The van der Waals surface area contributed by atoms with Crippen LogP contribution >= 0.6 is 0 Å². The minimum Gasteiger partial charge on any atom is -0.377 e. The molecule has 0 rings (SSSR count). The Morgan fingerprint density at radius 2 is 0.951 bits per heavy atom. The maximum Gasteiger partial charge on any atom is 0.500 e. The molecule has 0 saturated carbocycles. The molecule has 0 unspecified atom stereocenters. The van der Waals surface area contributed by atoms with Gasteiger partial charge in [0.25, 0.3) is 0 Å². The summed E-state index contributed by atoms with van der Waals surface area (Å²) >= 11 is 0. The van der Waals surface area contributed by atoms with Gasteiger partial charge >= 0.3 is 14.8 Å². The highest BCUT2D eigenvalue weighted by Gasteiger charge is 2.39. The molecule has 0 fully saturated rings. The lowest BCUT2D eigenvalue weighted by Gasteiger charge is -2.28. The number of amides is 2. The van der Waals surface area contributed by atoms with Gasteiger partial charge in [-0.25, -0.2) is 4.79 Å². The fourth-order valence-electron chi connectivity index (χ4n) is 3.29. The second-order valence-corrected chi connectivity index (χ2v) is 11.0. The Balaban J connectivity index is 3.38. The molecule has 0 radical (unpaired) electrons. The van der Waals surface area contributed by atoms with Crippen molar-refractivity contribution in [2.24, 2.45) is 0 Å². The van der Waals surface area contributed by atoms with Crippen LogP contribution in [0.4, 0.5) is 4.79 Å². The summed E-state index contributed by atoms with van der Waals surface area (Å²) in [7, 11) is -2.67.